The van der Waals surface area contributed by atoms with Crippen LogP contribution < -0.4 is 10.6 Å². The lowest BCUT2D eigenvalue weighted by Gasteiger charge is -2.10. The van der Waals surface area contributed by atoms with Gasteiger partial charge in [-0.2, -0.15) is 4.98 Å². The predicted octanol–water partition coefficient (Wildman–Crippen LogP) is 4.88. The number of hydrogen-bond donors (Lipinski definition) is 3. The third kappa shape index (κ3) is 4.59. The summed E-state index contributed by atoms with van der Waals surface area (Å²) in [6, 6.07) is 12.9. The number of rotatable bonds is 5. The highest BCUT2D eigenvalue weighted by Gasteiger charge is 2.10. The first-order valence-electron chi connectivity index (χ1n) is 7.17. The van der Waals surface area contributed by atoms with Crippen molar-refractivity contribution in [2.75, 3.05) is 10.6 Å². The van der Waals surface area contributed by atoms with Crippen molar-refractivity contribution in [1.29, 1.82) is 0 Å². The molecule has 1 heterocycles. The van der Waals surface area contributed by atoms with Gasteiger partial charge >= 0.3 is 5.97 Å². The first kappa shape index (κ1) is 19.4. The quantitative estimate of drug-likeness (QED) is 0.571. The average molecular weight is 395 g/mol. The van der Waals surface area contributed by atoms with E-state index in [1.165, 1.54) is 12.1 Å². The monoisotopic (exact) mass is 394 g/mol. The van der Waals surface area contributed by atoms with E-state index in [9.17, 15) is 9.18 Å². The van der Waals surface area contributed by atoms with Crippen molar-refractivity contribution >= 4 is 53.1 Å². The Balaban J connectivity index is 0.00000243. The number of hydrogen-bond acceptors (Lipinski definition) is 5. The van der Waals surface area contributed by atoms with Gasteiger partial charge in [0, 0.05) is 5.69 Å². The van der Waals surface area contributed by atoms with Crippen molar-refractivity contribution < 1.29 is 14.3 Å². The number of nitrogens with zero attached hydrogens (tertiary/aromatic N) is 2. The minimum atomic E-state index is -1.02. The molecule has 0 amide bonds. The largest absolute Gasteiger partial charge is 0.478 e. The summed E-state index contributed by atoms with van der Waals surface area (Å²) in [6.07, 6.45) is 1.03. The summed E-state index contributed by atoms with van der Waals surface area (Å²) < 4.78 is 13.9. The SMILES string of the molecule is Cl.O=C(O)c1ccc(Nc2ncc(F)c(Nc3ccccc3Cl)n2)cc1. The van der Waals surface area contributed by atoms with Crippen LogP contribution in [0.3, 0.4) is 0 Å². The lowest BCUT2D eigenvalue weighted by molar-refractivity contribution is 0.0697. The summed E-state index contributed by atoms with van der Waals surface area (Å²) in [7, 11) is 0. The van der Waals surface area contributed by atoms with Crippen molar-refractivity contribution in [2.24, 2.45) is 0 Å². The highest BCUT2D eigenvalue weighted by molar-refractivity contribution is 6.33. The van der Waals surface area contributed by atoms with Crippen LogP contribution in [0.25, 0.3) is 0 Å². The lowest BCUT2D eigenvalue weighted by Crippen LogP contribution is -2.04. The Hall–Kier alpha value is -2.90. The lowest BCUT2D eigenvalue weighted by atomic mass is 10.2. The molecule has 0 spiro atoms. The molecule has 0 aliphatic rings. The molecular weight excluding hydrogens is 382 g/mol. The molecule has 3 rings (SSSR count). The van der Waals surface area contributed by atoms with E-state index in [4.69, 9.17) is 16.7 Å². The van der Waals surface area contributed by atoms with Crippen LogP contribution in [0.1, 0.15) is 10.4 Å². The molecule has 0 aliphatic carbocycles. The van der Waals surface area contributed by atoms with Gasteiger partial charge in [-0.3, -0.25) is 0 Å². The number of aromatic nitrogens is 2. The van der Waals surface area contributed by atoms with Crippen LogP contribution in [-0.2, 0) is 0 Å². The van der Waals surface area contributed by atoms with Gasteiger partial charge in [0.2, 0.25) is 5.95 Å². The maximum Gasteiger partial charge on any atom is 0.335 e. The van der Waals surface area contributed by atoms with Crippen molar-refractivity contribution in [2.45, 2.75) is 0 Å². The topological polar surface area (TPSA) is 87.1 Å². The number of halogens is 3. The van der Waals surface area contributed by atoms with Gasteiger partial charge in [0.05, 0.1) is 22.5 Å². The summed E-state index contributed by atoms with van der Waals surface area (Å²) in [5, 5.41) is 15.0. The molecule has 0 atom stereocenters. The summed E-state index contributed by atoms with van der Waals surface area (Å²) in [5.41, 5.74) is 1.24. The zero-order chi connectivity index (χ0) is 17.8. The number of carboxylic acid groups (broad SMARTS) is 1. The number of anilines is 4. The first-order valence-corrected chi connectivity index (χ1v) is 7.55. The summed E-state index contributed by atoms with van der Waals surface area (Å²) in [4.78, 5) is 18.8. The van der Waals surface area contributed by atoms with Crippen LogP contribution in [0.15, 0.2) is 54.7 Å². The van der Waals surface area contributed by atoms with Crippen LogP contribution in [0, 0.1) is 5.82 Å². The fourth-order valence-corrected chi connectivity index (χ4v) is 2.21. The molecule has 0 aliphatic heterocycles. The maximum atomic E-state index is 13.9. The van der Waals surface area contributed by atoms with Gasteiger partial charge in [-0.1, -0.05) is 23.7 Å². The molecule has 3 aromatic rings. The van der Waals surface area contributed by atoms with Gasteiger partial charge in [0.25, 0.3) is 0 Å². The van der Waals surface area contributed by atoms with Crippen LogP contribution in [0.2, 0.25) is 5.02 Å². The van der Waals surface area contributed by atoms with Gasteiger partial charge in [0.15, 0.2) is 11.6 Å². The third-order valence-electron chi connectivity index (χ3n) is 3.26. The standard InChI is InChI=1S/C17H12ClFN4O2.ClH/c18-12-3-1-2-4-14(12)22-15-13(19)9-20-17(23-15)21-11-7-5-10(6-8-11)16(24)25;/h1-9H,(H,24,25)(H2,20,21,22,23);1H. The second kappa shape index (κ2) is 8.46. The third-order valence-corrected chi connectivity index (χ3v) is 3.59. The maximum absolute atomic E-state index is 13.9. The molecule has 0 saturated heterocycles. The van der Waals surface area contributed by atoms with E-state index in [-0.39, 0.29) is 29.7 Å². The van der Waals surface area contributed by atoms with E-state index < -0.39 is 11.8 Å². The molecule has 0 radical (unpaired) electrons. The fraction of sp³-hybridized carbons (Fsp3) is 0. The van der Waals surface area contributed by atoms with E-state index >= 15 is 0 Å². The van der Waals surface area contributed by atoms with Crippen molar-refractivity contribution in [3.63, 3.8) is 0 Å². The molecule has 2 aromatic carbocycles. The van der Waals surface area contributed by atoms with Crippen LogP contribution in [0.5, 0.6) is 0 Å². The molecule has 0 unspecified atom stereocenters. The number of para-hydroxylation sites is 1. The minimum Gasteiger partial charge on any atom is -0.478 e. The van der Waals surface area contributed by atoms with Gasteiger partial charge in [-0.25, -0.2) is 14.2 Å². The summed E-state index contributed by atoms with van der Waals surface area (Å²) in [5.74, 6) is -1.53. The van der Waals surface area contributed by atoms with Gasteiger partial charge in [0.1, 0.15) is 0 Å². The molecule has 134 valence electrons. The second-order valence-electron chi connectivity index (χ2n) is 5.00. The Morgan fingerprint density at radius 1 is 1.08 bits per heavy atom. The molecule has 1 aromatic heterocycles. The zero-order valence-electron chi connectivity index (χ0n) is 13.1. The molecular formula is C17H13Cl2FN4O2. The molecule has 26 heavy (non-hydrogen) atoms. The Labute approximate surface area is 159 Å². The smallest absolute Gasteiger partial charge is 0.335 e. The highest BCUT2D eigenvalue weighted by Crippen LogP contribution is 2.26. The molecule has 0 bridgehead atoms. The van der Waals surface area contributed by atoms with E-state index in [0.29, 0.717) is 16.4 Å². The Morgan fingerprint density at radius 2 is 1.77 bits per heavy atom. The number of aromatic carboxylic acids is 1. The van der Waals surface area contributed by atoms with Crippen LogP contribution >= 0.6 is 24.0 Å². The molecule has 3 N–H and O–H groups in total. The van der Waals surface area contributed by atoms with Gasteiger partial charge in [-0.05, 0) is 36.4 Å². The molecule has 6 nitrogen and oxygen atoms in total. The molecule has 0 saturated carbocycles. The zero-order valence-corrected chi connectivity index (χ0v) is 14.7. The number of carboxylic acids is 1. The van der Waals surface area contributed by atoms with Crippen molar-refractivity contribution in [3.8, 4) is 0 Å². The van der Waals surface area contributed by atoms with Crippen LogP contribution in [-0.4, -0.2) is 21.0 Å². The summed E-state index contributed by atoms with van der Waals surface area (Å²) in [6.45, 7) is 0. The Bertz CT molecular complexity index is 923. The first-order chi connectivity index (χ1) is 12.0. The molecule has 9 heteroatoms. The summed E-state index contributed by atoms with van der Waals surface area (Å²) >= 11 is 6.04. The van der Waals surface area contributed by atoms with E-state index in [2.05, 4.69) is 20.6 Å². The number of carbonyl (C=O) groups is 1. The van der Waals surface area contributed by atoms with E-state index in [0.717, 1.165) is 6.20 Å². The van der Waals surface area contributed by atoms with E-state index in [1.807, 2.05) is 0 Å². The van der Waals surface area contributed by atoms with Crippen molar-refractivity contribution in [3.05, 3.63) is 71.1 Å². The normalized spacial score (nSPS) is 9.92. The van der Waals surface area contributed by atoms with Crippen molar-refractivity contribution in [1.82, 2.24) is 9.97 Å². The highest BCUT2D eigenvalue weighted by atomic mass is 35.5. The Morgan fingerprint density at radius 3 is 2.42 bits per heavy atom. The number of nitrogens with one attached hydrogen (secondary N) is 2. The van der Waals surface area contributed by atoms with Gasteiger partial charge in [-0.15, -0.1) is 12.4 Å². The van der Waals surface area contributed by atoms with E-state index in [1.54, 1.807) is 36.4 Å². The average Bonchev–Trinajstić information content (AvgIpc) is 2.60. The predicted molar refractivity (Wildman–Crippen MR) is 101 cm³/mol. The molecule has 0 fully saturated rings. The fourth-order valence-electron chi connectivity index (χ4n) is 2.03. The Kier molecular flexibility index (Phi) is 6.32. The van der Waals surface area contributed by atoms with Crippen LogP contribution in [0.4, 0.5) is 27.5 Å². The van der Waals surface area contributed by atoms with Gasteiger partial charge < -0.3 is 15.7 Å². The second-order valence-corrected chi connectivity index (χ2v) is 5.41. The number of benzene rings is 2. The minimum absolute atomic E-state index is 0.